The molecule has 0 bridgehead atoms. The van der Waals surface area contributed by atoms with Crippen LogP contribution in [0.3, 0.4) is 0 Å². The third kappa shape index (κ3) is 6.64. The van der Waals surface area contributed by atoms with Gasteiger partial charge in [0.1, 0.15) is 0 Å². The molecule has 4 heteroatoms. The second-order valence-electron chi connectivity index (χ2n) is 0.907. The van der Waals surface area contributed by atoms with Crippen LogP contribution in [0.1, 0.15) is 0 Å². The summed E-state index contributed by atoms with van der Waals surface area (Å²) in [5.41, 5.74) is 4.97. The van der Waals surface area contributed by atoms with Crippen molar-refractivity contribution in [2.24, 2.45) is 5.73 Å². The molecule has 1 atom stereocenters. The van der Waals surface area contributed by atoms with Crippen LogP contribution in [0.25, 0.3) is 0 Å². The molecule has 0 aromatic heterocycles. The summed E-state index contributed by atoms with van der Waals surface area (Å²) in [4.78, 5) is 9.44. The van der Waals surface area contributed by atoms with Gasteiger partial charge in [-0.2, -0.15) is 12.6 Å². The van der Waals surface area contributed by atoms with Crippen LogP contribution >= 0.6 is 12.6 Å². The van der Waals surface area contributed by atoms with Crippen molar-refractivity contribution in [1.82, 2.24) is 0 Å². The van der Waals surface area contributed by atoms with Crippen LogP contribution in [-0.2, 0) is 25.2 Å². The number of thiol groups is 1. The molecule has 0 aliphatic rings. The number of hydrogen-bond acceptors (Lipinski definition) is 3. The van der Waals surface area contributed by atoms with Crippen LogP contribution in [0.15, 0.2) is 0 Å². The Morgan fingerprint density at radius 1 is 1.86 bits per heavy atom. The van der Waals surface area contributed by atoms with E-state index in [1.807, 2.05) is 0 Å². The summed E-state index contributed by atoms with van der Waals surface area (Å²) < 4.78 is 0. The molecule has 0 amide bonds. The molecule has 0 aromatic carbocycles. The van der Waals surface area contributed by atoms with Crippen molar-refractivity contribution < 1.29 is 25.2 Å². The van der Waals surface area contributed by atoms with E-state index in [4.69, 9.17) is 5.73 Å². The first-order valence-electron chi connectivity index (χ1n) is 1.55. The van der Waals surface area contributed by atoms with E-state index in [2.05, 4.69) is 12.6 Å². The maximum absolute atomic E-state index is 9.44. The zero-order valence-corrected chi connectivity index (χ0v) is 7.21. The van der Waals surface area contributed by atoms with Gasteiger partial charge in [-0.25, -0.2) is 6.29 Å². The summed E-state index contributed by atoms with van der Waals surface area (Å²) in [6.07, 6.45) is 1.57. The summed E-state index contributed by atoms with van der Waals surface area (Å²) >= 11 is 3.71. The maximum Gasteiger partial charge on any atom is 0 e. The van der Waals surface area contributed by atoms with Gasteiger partial charge in [0.25, 0.3) is 0 Å². The topological polar surface area (TPSA) is 43.1 Å². The van der Waals surface area contributed by atoms with Gasteiger partial charge in [0, 0.05) is 20.4 Å². The molecule has 0 saturated heterocycles. The second kappa shape index (κ2) is 6.64. The van der Waals surface area contributed by atoms with E-state index in [-0.39, 0.29) is 20.4 Å². The molecular weight excluding hydrogens is 284 g/mol. The van der Waals surface area contributed by atoms with Gasteiger partial charge in [0.15, 0.2) is 0 Å². The molecule has 0 rings (SSSR count). The Balaban J connectivity index is 0. The maximum atomic E-state index is 9.44. The molecule has 2 nitrogen and oxygen atoms in total. The van der Waals surface area contributed by atoms with E-state index in [0.29, 0.717) is 5.75 Å². The Labute approximate surface area is 61.9 Å². The van der Waals surface area contributed by atoms with Crippen molar-refractivity contribution in [1.29, 1.82) is 0 Å². The molecule has 0 aliphatic heterocycles. The largest absolute Gasteiger partial charge is 0.540 e. The minimum Gasteiger partial charge on any atom is -0.540 e. The average Bonchev–Trinajstić information content (AvgIpc) is 1.65. The minimum atomic E-state index is -0.506. The van der Waals surface area contributed by atoms with Crippen molar-refractivity contribution in [3.63, 3.8) is 0 Å². The fraction of sp³-hybridized carbons (Fsp3) is 0.667. The van der Waals surface area contributed by atoms with Crippen LogP contribution in [0.4, 0.5) is 0 Å². The average molecular weight is 290 g/mol. The van der Waals surface area contributed by atoms with Crippen LogP contribution < -0.4 is 5.73 Å². The number of carbonyl (C=O) groups excluding carboxylic acids is 1. The van der Waals surface area contributed by atoms with E-state index >= 15 is 0 Å². The molecular formula is C3H6NOReS-. The Bertz CT molecular complexity index is 52.2. The quantitative estimate of drug-likeness (QED) is 0.524. The van der Waals surface area contributed by atoms with Gasteiger partial charge in [-0.05, 0) is 5.75 Å². The van der Waals surface area contributed by atoms with Crippen molar-refractivity contribution in [3.8, 4) is 0 Å². The SMILES string of the molecule is NC([C-]=O)CS.[Re]. The first kappa shape index (κ1) is 10.6. The molecule has 1 unspecified atom stereocenters. The Kier molecular flexibility index (Phi) is 10.1. The molecule has 0 spiro atoms. The van der Waals surface area contributed by atoms with Crippen molar-refractivity contribution >= 4 is 18.9 Å². The van der Waals surface area contributed by atoms with Gasteiger partial charge in [-0.3, -0.25) is 0 Å². The smallest absolute Gasteiger partial charge is 0 e. The van der Waals surface area contributed by atoms with Gasteiger partial charge in [-0.15, -0.1) is 0 Å². The van der Waals surface area contributed by atoms with E-state index in [1.165, 1.54) is 0 Å². The van der Waals surface area contributed by atoms with E-state index in [0.717, 1.165) is 0 Å². The van der Waals surface area contributed by atoms with Crippen molar-refractivity contribution in [2.45, 2.75) is 6.04 Å². The molecule has 0 saturated carbocycles. The summed E-state index contributed by atoms with van der Waals surface area (Å²) in [6, 6.07) is -0.506. The molecule has 0 fully saturated rings. The van der Waals surface area contributed by atoms with Crippen LogP contribution in [0.5, 0.6) is 0 Å². The monoisotopic (exact) mass is 291 g/mol. The number of rotatable bonds is 2. The summed E-state index contributed by atoms with van der Waals surface area (Å²) in [5, 5.41) is 0. The first-order valence-corrected chi connectivity index (χ1v) is 2.18. The summed E-state index contributed by atoms with van der Waals surface area (Å²) in [7, 11) is 0. The summed E-state index contributed by atoms with van der Waals surface area (Å²) in [5.74, 6) is 0.378. The Morgan fingerprint density at radius 2 is 2.29 bits per heavy atom. The molecule has 0 aliphatic carbocycles. The van der Waals surface area contributed by atoms with Gasteiger partial charge in [0.05, 0.1) is 0 Å². The molecule has 0 aromatic rings. The predicted octanol–water partition coefficient (Wildman–Crippen LogP) is -0.649. The molecule has 7 heavy (non-hydrogen) atoms. The minimum absolute atomic E-state index is 0. The Hall–Kier alpha value is 0.642. The Morgan fingerprint density at radius 3 is 2.29 bits per heavy atom. The third-order valence-corrected chi connectivity index (χ3v) is 0.741. The summed E-state index contributed by atoms with van der Waals surface area (Å²) in [6.45, 7) is 0. The molecule has 0 heterocycles. The van der Waals surface area contributed by atoms with Crippen LogP contribution in [-0.4, -0.2) is 18.1 Å². The number of hydrogen-bond donors (Lipinski definition) is 2. The van der Waals surface area contributed by atoms with Gasteiger partial charge in [0.2, 0.25) is 0 Å². The zero-order chi connectivity index (χ0) is 4.99. The van der Waals surface area contributed by atoms with Crippen LogP contribution in [0, 0.1) is 0 Å². The van der Waals surface area contributed by atoms with Crippen molar-refractivity contribution in [3.05, 3.63) is 0 Å². The normalized spacial score (nSPS) is 11.7. The van der Waals surface area contributed by atoms with Gasteiger partial charge in [-0.1, -0.05) is 6.04 Å². The van der Waals surface area contributed by atoms with Crippen molar-refractivity contribution in [2.75, 3.05) is 5.75 Å². The fourth-order valence-electron chi connectivity index (χ4n) is 0.0373. The van der Waals surface area contributed by atoms with E-state index in [1.54, 1.807) is 6.29 Å². The third-order valence-electron chi connectivity index (χ3n) is 0.348. The second-order valence-corrected chi connectivity index (χ2v) is 1.27. The zero-order valence-electron chi connectivity index (χ0n) is 3.60. The number of nitrogens with two attached hydrogens (primary N) is 1. The standard InChI is InChI=1S/C3H6NOS.Re/c4-3(1-5)2-6;/h3,6H,2,4H2;/q-1;. The fourth-order valence-corrected chi connectivity index (χ4v) is 0.112. The van der Waals surface area contributed by atoms with Gasteiger partial charge < -0.3 is 10.5 Å². The first-order chi connectivity index (χ1) is 2.81. The van der Waals surface area contributed by atoms with E-state index < -0.39 is 6.04 Å². The molecule has 2 N–H and O–H groups in total. The van der Waals surface area contributed by atoms with E-state index in [9.17, 15) is 4.79 Å². The molecule has 1 radical (unpaired) electrons. The molecule has 43 valence electrons. The van der Waals surface area contributed by atoms with Crippen LogP contribution in [0.2, 0.25) is 0 Å². The predicted molar refractivity (Wildman–Crippen MR) is 27.5 cm³/mol. The van der Waals surface area contributed by atoms with Gasteiger partial charge >= 0.3 is 0 Å².